The Morgan fingerprint density at radius 2 is 2.12 bits per heavy atom. The minimum atomic E-state index is -3.54. The van der Waals surface area contributed by atoms with Crippen LogP contribution in [0.3, 0.4) is 0 Å². The third-order valence-corrected chi connectivity index (χ3v) is 7.68. The number of aromatic nitrogens is 2. The maximum absolute atomic E-state index is 12.8. The van der Waals surface area contributed by atoms with E-state index >= 15 is 0 Å². The summed E-state index contributed by atoms with van der Waals surface area (Å²) in [6.45, 7) is 4.69. The number of esters is 1. The van der Waals surface area contributed by atoms with Crippen LogP contribution < -0.4 is 0 Å². The summed E-state index contributed by atoms with van der Waals surface area (Å²) in [7, 11) is -3.54. The number of aryl methyl sites for hydroxylation is 1. The summed E-state index contributed by atoms with van der Waals surface area (Å²) in [5.74, 6) is -0.441. The van der Waals surface area contributed by atoms with Crippen molar-refractivity contribution in [2.75, 3.05) is 19.7 Å². The van der Waals surface area contributed by atoms with Crippen molar-refractivity contribution >= 4 is 27.3 Å². The van der Waals surface area contributed by atoms with Crippen LogP contribution in [0, 0.1) is 12.8 Å². The van der Waals surface area contributed by atoms with Gasteiger partial charge in [-0.05, 0) is 44.9 Å². The molecule has 3 rings (SSSR count). The van der Waals surface area contributed by atoms with Gasteiger partial charge in [0, 0.05) is 18.8 Å². The van der Waals surface area contributed by atoms with Crippen molar-refractivity contribution < 1.29 is 17.9 Å². The molecule has 0 aliphatic carbocycles. The number of nitrogens with zero attached hydrogens (tertiary/aromatic N) is 2. The molecule has 3 heterocycles. The summed E-state index contributed by atoms with van der Waals surface area (Å²) in [4.78, 5) is 12.6. The quantitative estimate of drug-likeness (QED) is 0.801. The van der Waals surface area contributed by atoms with Gasteiger partial charge in [-0.1, -0.05) is 0 Å². The van der Waals surface area contributed by atoms with Gasteiger partial charge in [0.05, 0.1) is 17.4 Å². The predicted molar refractivity (Wildman–Crippen MR) is 94.8 cm³/mol. The molecular weight excluding hydrogens is 362 g/mol. The van der Waals surface area contributed by atoms with Crippen LogP contribution >= 0.6 is 11.3 Å². The number of thiophene rings is 1. The average molecular weight is 383 g/mol. The first-order chi connectivity index (χ1) is 11.9. The monoisotopic (exact) mass is 383 g/mol. The Bertz CT molecular complexity index is 848. The molecule has 1 saturated heterocycles. The summed E-state index contributed by atoms with van der Waals surface area (Å²) in [6, 6.07) is 5.28. The van der Waals surface area contributed by atoms with E-state index in [-0.39, 0.29) is 11.9 Å². The van der Waals surface area contributed by atoms with Gasteiger partial charge in [0.2, 0.25) is 0 Å². The minimum absolute atomic E-state index is 0.211. The number of carbonyl (C=O) groups is 1. The molecule has 25 heavy (non-hydrogen) atoms. The summed E-state index contributed by atoms with van der Waals surface area (Å²) >= 11 is 1.21. The van der Waals surface area contributed by atoms with Crippen LogP contribution in [0.5, 0.6) is 0 Å². The van der Waals surface area contributed by atoms with Crippen molar-refractivity contribution in [2.45, 2.75) is 30.9 Å². The standard InChI is InChI=1S/C16H21N3O4S2/c1-3-23-16(20)12-6-8-19(9-7-12)25(21,22)15-5-4-14(24-15)13-10-11(2)17-18-13/h4-5,10,12H,3,6-9H2,1-2H3,(H,17,18). The first kappa shape index (κ1) is 18.1. The van der Waals surface area contributed by atoms with E-state index < -0.39 is 10.0 Å². The third-order valence-electron chi connectivity index (χ3n) is 4.21. The van der Waals surface area contributed by atoms with E-state index in [1.807, 2.05) is 13.0 Å². The topological polar surface area (TPSA) is 92.4 Å². The zero-order valence-electron chi connectivity index (χ0n) is 14.2. The Labute approximate surface area is 151 Å². The van der Waals surface area contributed by atoms with Crippen LogP contribution in [0.4, 0.5) is 0 Å². The lowest BCUT2D eigenvalue weighted by molar-refractivity contribution is -0.149. The van der Waals surface area contributed by atoms with Gasteiger partial charge in [-0.2, -0.15) is 9.40 Å². The van der Waals surface area contributed by atoms with Crippen LogP contribution in [0.2, 0.25) is 0 Å². The highest BCUT2D eigenvalue weighted by molar-refractivity contribution is 7.91. The van der Waals surface area contributed by atoms with Gasteiger partial charge in [0.25, 0.3) is 10.0 Å². The minimum Gasteiger partial charge on any atom is -0.466 e. The molecule has 0 radical (unpaired) electrons. The average Bonchev–Trinajstić information content (AvgIpc) is 3.24. The molecule has 1 aliphatic heterocycles. The fourth-order valence-electron chi connectivity index (χ4n) is 2.86. The second-order valence-electron chi connectivity index (χ2n) is 5.99. The van der Waals surface area contributed by atoms with Crippen molar-refractivity contribution in [3.63, 3.8) is 0 Å². The van der Waals surface area contributed by atoms with E-state index in [2.05, 4.69) is 10.2 Å². The Balaban J connectivity index is 1.71. The molecule has 9 heteroatoms. The van der Waals surface area contributed by atoms with Crippen LogP contribution in [-0.4, -0.2) is 48.6 Å². The molecule has 1 fully saturated rings. The number of piperidine rings is 1. The van der Waals surface area contributed by atoms with E-state index in [0.717, 1.165) is 16.3 Å². The van der Waals surface area contributed by atoms with E-state index in [9.17, 15) is 13.2 Å². The summed E-state index contributed by atoms with van der Waals surface area (Å²) in [5, 5.41) is 7.02. The number of nitrogens with one attached hydrogen (secondary N) is 1. The number of carbonyl (C=O) groups excluding carboxylic acids is 1. The summed E-state index contributed by atoms with van der Waals surface area (Å²) in [6.07, 6.45) is 0.990. The smallest absolute Gasteiger partial charge is 0.309 e. The van der Waals surface area contributed by atoms with E-state index in [1.165, 1.54) is 15.6 Å². The van der Waals surface area contributed by atoms with Gasteiger partial charge in [0.15, 0.2) is 0 Å². The van der Waals surface area contributed by atoms with Crippen molar-refractivity contribution in [1.82, 2.24) is 14.5 Å². The number of rotatable bonds is 5. The first-order valence-corrected chi connectivity index (χ1v) is 10.5. The summed E-state index contributed by atoms with van der Waals surface area (Å²) < 4.78 is 32.4. The third kappa shape index (κ3) is 3.78. The highest BCUT2D eigenvalue weighted by atomic mass is 32.2. The fourth-order valence-corrected chi connectivity index (χ4v) is 5.75. The molecule has 1 N–H and O–H groups in total. The van der Waals surface area contributed by atoms with Gasteiger partial charge in [-0.3, -0.25) is 9.89 Å². The second-order valence-corrected chi connectivity index (χ2v) is 9.23. The number of hydrogen-bond acceptors (Lipinski definition) is 6. The molecular formula is C16H21N3O4S2. The SMILES string of the molecule is CCOC(=O)C1CCN(S(=O)(=O)c2ccc(-c3cc(C)[nH]n3)s2)CC1. The van der Waals surface area contributed by atoms with Crippen LogP contribution in [0.25, 0.3) is 10.6 Å². The molecule has 0 atom stereocenters. The van der Waals surface area contributed by atoms with Crippen molar-refractivity contribution in [1.29, 1.82) is 0 Å². The molecule has 0 amide bonds. The summed E-state index contributed by atoms with van der Waals surface area (Å²) in [5.41, 5.74) is 1.67. The molecule has 136 valence electrons. The lowest BCUT2D eigenvalue weighted by Gasteiger charge is -2.29. The number of hydrogen-bond donors (Lipinski definition) is 1. The zero-order valence-corrected chi connectivity index (χ0v) is 15.8. The predicted octanol–water partition coefficient (Wildman–Crippen LogP) is 2.41. The number of aromatic amines is 1. The molecule has 0 spiro atoms. The lowest BCUT2D eigenvalue weighted by atomic mass is 9.98. The molecule has 0 aromatic carbocycles. The van der Waals surface area contributed by atoms with Crippen LogP contribution in [0.15, 0.2) is 22.4 Å². The number of H-pyrrole nitrogens is 1. The van der Waals surface area contributed by atoms with Gasteiger partial charge < -0.3 is 4.74 Å². The molecule has 7 nitrogen and oxygen atoms in total. The highest BCUT2D eigenvalue weighted by Gasteiger charge is 2.33. The molecule has 2 aromatic heterocycles. The van der Waals surface area contributed by atoms with E-state index in [4.69, 9.17) is 4.74 Å². The van der Waals surface area contributed by atoms with Gasteiger partial charge in [0.1, 0.15) is 9.90 Å². The Hall–Kier alpha value is -1.71. The highest BCUT2D eigenvalue weighted by Crippen LogP contribution is 2.33. The van der Waals surface area contributed by atoms with Gasteiger partial charge >= 0.3 is 5.97 Å². The molecule has 2 aromatic rings. The molecule has 0 bridgehead atoms. The number of sulfonamides is 1. The Morgan fingerprint density at radius 3 is 2.72 bits per heavy atom. The Morgan fingerprint density at radius 1 is 1.40 bits per heavy atom. The van der Waals surface area contributed by atoms with Crippen LogP contribution in [-0.2, 0) is 19.6 Å². The van der Waals surface area contributed by atoms with Gasteiger partial charge in [-0.25, -0.2) is 8.42 Å². The zero-order chi connectivity index (χ0) is 18.0. The van der Waals surface area contributed by atoms with Crippen molar-refractivity contribution in [3.05, 3.63) is 23.9 Å². The first-order valence-electron chi connectivity index (χ1n) is 8.21. The second kappa shape index (κ2) is 7.27. The van der Waals surface area contributed by atoms with Crippen molar-refractivity contribution in [3.8, 4) is 10.6 Å². The van der Waals surface area contributed by atoms with E-state index in [1.54, 1.807) is 19.1 Å². The largest absolute Gasteiger partial charge is 0.466 e. The van der Waals surface area contributed by atoms with Crippen molar-refractivity contribution in [2.24, 2.45) is 5.92 Å². The van der Waals surface area contributed by atoms with Gasteiger partial charge in [-0.15, -0.1) is 11.3 Å². The molecule has 0 saturated carbocycles. The normalized spacial score (nSPS) is 16.9. The molecule has 0 unspecified atom stereocenters. The lowest BCUT2D eigenvalue weighted by Crippen LogP contribution is -2.40. The van der Waals surface area contributed by atoms with E-state index in [0.29, 0.717) is 36.7 Å². The molecule has 1 aliphatic rings. The Kier molecular flexibility index (Phi) is 5.26. The van der Waals surface area contributed by atoms with Crippen LogP contribution in [0.1, 0.15) is 25.5 Å². The number of ether oxygens (including phenoxy) is 1. The fraction of sp³-hybridized carbons (Fsp3) is 0.500. The maximum atomic E-state index is 12.8. The maximum Gasteiger partial charge on any atom is 0.309 e.